The number of carbonyl (C=O) groups excluding carboxylic acids is 1. The van der Waals surface area contributed by atoms with E-state index in [2.05, 4.69) is 0 Å². The minimum atomic E-state index is -2.99. The summed E-state index contributed by atoms with van der Waals surface area (Å²) in [6.45, 7) is 2.18. The molecular formula is C12H15NO4S. The molecule has 1 aromatic rings. The number of rotatable bonds is 1. The summed E-state index contributed by atoms with van der Waals surface area (Å²) in [6, 6.07) is 4.73. The van der Waals surface area contributed by atoms with Crippen LogP contribution in [-0.4, -0.2) is 48.9 Å². The summed E-state index contributed by atoms with van der Waals surface area (Å²) in [7, 11) is -2.99. The number of aryl methyl sites for hydroxylation is 1. The highest BCUT2D eigenvalue weighted by atomic mass is 32.2. The lowest BCUT2D eigenvalue weighted by Gasteiger charge is -2.26. The SMILES string of the molecule is Cc1ccc(C(=O)N2CCS(=O)(=O)CC2)cc1O. The normalized spacial score (nSPS) is 18.6. The molecule has 1 heterocycles. The first-order chi connectivity index (χ1) is 8.39. The van der Waals surface area contributed by atoms with Crippen molar-refractivity contribution in [1.29, 1.82) is 0 Å². The first kappa shape index (κ1) is 12.9. The number of hydrogen-bond donors (Lipinski definition) is 1. The van der Waals surface area contributed by atoms with Crippen molar-refractivity contribution in [2.24, 2.45) is 0 Å². The van der Waals surface area contributed by atoms with Crippen LogP contribution >= 0.6 is 0 Å². The maximum absolute atomic E-state index is 12.1. The van der Waals surface area contributed by atoms with E-state index in [0.29, 0.717) is 11.1 Å². The van der Waals surface area contributed by atoms with Gasteiger partial charge in [0, 0.05) is 18.7 Å². The van der Waals surface area contributed by atoms with Gasteiger partial charge in [0.2, 0.25) is 0 Å². The molecule has 0 aliphatic carbocycles. The van der Waals surface area contributed by atoms with Gasteiger partial charge in [-0.1, -0.05) is 6.07 Å². The van der Waals surface area contributed by atoms with Crippen LogP contribution in [0.25, 0.3) is 0 Å². The van der Waals surface area contributed by atoms with Gasteiger partial charge in [-0.05, 0) is 24.6 Å². The highest BCUT2D eigenvalue weighted by molar-refractivity contribution is 7.91. The van der Waals surface area contributed by atoms with Crippen LogP contribution in [-0.2, 0) is 9.84 Å². The van der Waals surface area contributed by atoms with E-state index in [1.807, 2.05) is 0 Å². The second kappa shape index (κ2) is 4.61. The van der Waals surface area contributed by atoms with Gasteiger partial charge in [-0.2, -0.15) is 0 Å². The average molecular weight is 269 g/mol. The highest BCUT2D eigenvalue weighted by Crippen LogP contribution is 2.19. The number of phenolic OH excluding ortho intramolecular Hbond substituents is 1. The lowest BCUT2D eigenvalue weighted by Crippen LogP contribution is -2.43. The first-order valence-electron chi connectivity index (χ1n) is 5.68. The average Bonchev–Trinajstić information content (AvgIpc) is 2.32. The van der Waals surface area contributed by atoms with Crippen LogP contribution in [0.4, 0.5) is 0 Å². The van der Waals surface area contributed by atoms with Gasteiger partial charge in [-0.25, -0.2) is 8.42 Å². The summed E-state index contributed by atoms with van der Waals surface area (Å²) < 4.78 is 22.6. The van der Waals surface area contributed by atoms with Crippen LogP contribution in [0.1, 0.15) is 15.9 Å². The Morgan fingerprint density at radius 2 is 1.89 bits per heavy atom. The van der Waals surface area contributed by atoms with Crippen molar-refractivity contribution in [3.63, 3.8) is 0 Å². The van der Waals surface area contributed by atoms with Gasteiger partial charge in [0.1, 0.15) is 5.75 Å². The molecule has 1 amide bonds. The quantitative estimate of drug-likeness (QED) is 0.809. The number of sulfone groups is 1. The Kier molecular flexibility index (Phi) is 3.30. The molecule has 18 heavy (non-hydrogen) atoms. The fourth-order valence-electron chi connectivity index (χ4n) is 1.84. The molecule has 0 unspecified atom stereocenters. The number of hydrogen-bond acceptors (Lipinski definition) is 4. The third-order valence-electron chi connectivity index (χ3n) is 3.09. The van der Waals surface area contributed by atoms with Crippen molar-refractivity contribution in [3.05, 3.63) is 29.3 Å². The zero-order valence-corrected chi connectivity index (χ0v) is 10.9. The molecule has 1 fully saturated rings. The maximum Gasteiger partial charge on any atom is 0.254 e. The Morgan fingerprint density at radius 3 is 2.44 bits per heavy atom. The van der Waals surface area contributed by atoms with E-state index in [9.17, 15) is 18.3 Å². The fraction of sp³-hybridized carbons (Fsp3) is 0.417. The molecule has 1 aromatic carbocycles. The lowest BCUT2D eigenvalue weighted by molar-refractivity contribution is 0.0770. The number of amides is 1. The number of nitrogens with zero attached hydrogens (tertiary/aromatic N) is 1. The molecule has 0 saturated carbocycles. The van der Waals surface area contributed by atoms with Crippen LogP contribution < -0.4 is 0 Å². The van der Waals surface area contributed by atoms with Crippen LogP contribution in [0.5, 0.6) is 5.75 Å². The molecule has 6 heteroatoms. The molecule has 1 saturated heterocycles. The predicted octanol–water partition coefficient (Wildman–Crippen LogP) is 0.571. The molecule has 0 aromatic heterocycles. The lowest BCUT2D eigenvalue weighted by atomic mass is 10.1. The standard InChI is InChI=1S/C12H15NO4S/c1-9-2-3-10(8-11(9)14)12(15)13-4-6-18(16,17)7-5-13/h2-3,8,14H,4-7H2,1H3. The molecule has 1 aliphatic rings. The monoisotopic (exact) mass is 269 g/mol. The minimum Gasteiger partial charge on any atom is -0.508 e. The van der Waals surface area contributed by atoms with Crippen molar-refractivity contribution < 1.29 is 18.3 Å². The largest absolute Gasteiger partial charge is 0.508 e. The zero-order valence-electron chi connectivity index (χ0n) is 10.1. The Labute approximate surface area is 106 Å². The molecule has 98 valence electrons. The van der Waals surface area contributed by atoms with Crippen molar-refractivity contribution in [2.75, 3.05) is 24.6 Å². The summed E-state index contributed by atoms with van der Waals surface area (Å²) in [5.74, 6) is -0.140. The van der Waals surface area contributed by atoms with Gasteiger partial charge in [0.25, 0.3) is 5.91 Å². The Bertz CT molecular complexity index is 566. The second-order valence-electron chi connectivity index (χ2n) is 4.45. The minimum absolute atomic E-state index is 0.0105. The Morgan fingerprint density at radius 1 is 1.28 bits per heavy atom. The summed E-state index contributed by atoms with van der Waals surface area (Å²) in [6.07, 6.45) is 0. The zero-order chi connectivity index (χ0) is 13.3. The number of benzene rings is 1. The molecule has 0 bridgehead atoms. The van der Waals surface area contributed by atoms with Crippen LogP contribution in [0.3, 0.4) is 0 Å². The van der Waals surface area contributed by atoms with E-state index in [-0.39, 0.29) is 36.3 Å². The van der Waals surface area contributed by atoms with E-state index in [0.717, 1.165) is 0 Å². The van der Waals surface area contributed by atoms with Crippen molar-refractivity contribution in [2.45, 2.75) is 6.92 Å². The smallest absolute Gasteiger partial charge is 0.254 e. The highest BCUT2D eigenvalue weighted by Gasteiger charge is 2.25. The van der Waals surface area contributed by atoms with Gasteiger partial charge in [0.05, 0.1) is 11.5 Å². The molecule has 0 atom stereocenters. The third kappa shape index (κ3) is 2.64. The summed E-state index contributed by atoms with van der Waals surface area (Å²) in [5, 5.41) is 9.56. The summed E-state index contributed by atoms with van der Waals surface area (Å²) >= 11 is 0. The van der Waals surface area contributed by atoms with Gasteiger partial charge in [-0.15, -0.1) is 0 Å². The van der Waals surface area contributed by atoms with Gasteiger partial charge >= 0.3 is 0 Å². The van der Waals surface area contributed by atoms with E-state index in [1.165, 1.54) is 11.0 Å². The number of carbonyl (C=O) groups is 1. The summed E-state index contributed by atoms with van der Waals surface area (Å²) in [4.78, 5) is 13.6. The molecule has 1 aliphatic heterocycles. The second-order valence-corrected chi connectivity index (χ2v) is 6.75. The Balaban J connectivity index is 2.15. The topological polar surface area (TPSA) is 74.7 Å². The molecule has 5 nitrogen and oxygen atoms in total. The maximum atomic E-state index is 12.1. The van der Waals surface area contributed by atoms with Gasteiger partial charge in [-0.3, -0.25) is 4.79 Å². The van der Waals surface area contributed by atoms with Crippen LogP contribution in [0.2, 0.25) is 0 Å². The molecule has 0 spiro atoms. The molecule has 1 N–H and O–H groups in total. The van der Waals surface area contributed by atoms with E-state index in [4.69, 9.17) is 0 Å². The van der Waals surface area contributed by atoms with Crippen molar-refractivity contribution >= 4 is 15.7 Å². The molecule has 2 rings (SSSR count). The number of aromatic hydroxyl groups is 1. The predicted molar refractivity (Wildman–Crippen MR) is 67.4 cm³/mol. The van der Waals surface area contributed by atoms with E-state index in [1.54, 1.807) is 19.1 Å². The van der Waals surface area contributed by atoms with E-state index < -0.39 is 9.84 Å². The Hall–Kier alpha value is -1.56. The van der Waals surface area contributed by atoms with Crippen molar-refractivity contribution in [3.8, 4) is 5.75 Å². The van der Waals surface area contributed by atoms with Gasteiger partial charge < -0.3 is 10.0 Å². The third-order valence-corrected chi connectivity index (χ3v) is 4.70. The molecule has 0 radical (unpaired) electrons. The van der Waals surface area contributed by atoms with E-state index >= 15 is 0 Å². The summed E-state index contributed by atoms with van der Waals surface area (Å²) in [5.41, 5.74) is 1.09. The van der Waals surface area contributed by atoms with Gasteiger partial charge in [0.15, 0.2) is 9.84 Å². The first-order valence-corrected chi connectivity index (χ1v) is 7.50. The van der Waals surface area contributed by atoms with Crippen molar-refractivity contribution in [1.82, 2.24) is 4.90 Å². The van der Waals surface area contributed by atoms with Crippen LogP contribution in [0.15, 0.2) is 18.2 Å². The van der Waals surface area contributed by atoms with Crippen LogP contribution in [0, 0.1) is 6.92 Å². The molecular weight excluding hydrogens is 254 g/mol. The number of phenols is 1. The fourth-order valence-corrected chi connectivity index (χ4v) is 3.04.